The van der Waals surface area contributed by atoms with Crippen LogP contribution in [0.3, 0.4) is 0 Å². The molecule has 1 heterocycles. The lowest BCUT2D eigenvalue weighted by Crippen LogP contribution is -2.01. The molecule has 4 rings (SSSR count). The lowest BCUT2D eigenvalue weighted by atomic mass is 10.1. The molecule has 0 saturated carbocycles. The largest absolute Gasteiger partial charge is 0.489 e. The monoisotopic (exact) mass is 412 g/mol. The first-order chi connectivity index (χ1) is 15.1. The molecule has 0 unspecified atom stereocenters. The van der Waals surface area contributed by atoms with Crippen LogP contribution in [0.5, 0.6) is 5.75 Å². The van der Waals surface area contributed by atoms with Crippen LogP contribution in [0.4, 0.5) is 0 Å². The van der Waals surface area contributed by atoms with E-state index in [-0.39, 0.29) is 11.8 Å². The van der Waals surface area contributed by atoms with Crippen molar-refractivity contribution in [3.63, 3.8) is 0 Å². The van der Waals surface area contributed by atoms with Crippen molar-refractivity contribution < 1.29 is 23.5 Å². The van der Waals surface area contributed by atoms with Gasteiger partial charge in [-0.05, 0) is 53.6 Å². The van der Waals surface area contributed by atoms with Crippen molar-refractivity contribution in [3.05, 3.63) is 107 Å². The fraction of sp³-hybridized carbons (Fsp3) is 0.0769. The van der Waals surface area contributed by atoms with E-state index in [1.54, 1.807) is 24.3 Å². The van der Waals surface area contributed by atoms with Crippen LogP contribution >= 0.6 is 0 Å². The molecule has 0 bridgehead atoms. The average molecular weight is 412 g/mol. The molecule has 0 radical (unpaired) electrons. The average Bonchev–Trinajstić information content (AvgIpc) is 3.26. The lowest BCUT2D eigenvalue weighted by molar-refractivity contribution is 0.0600. The minimum absolute atomic E-state index is 0.188. The summed E-state index contributed by atoms with van der Waals surface area (Å²) in [6.07, 6.45) is 3.24. The van der Waals surface area contributed by atoms with E-state index in [0.717, 1.165) is 16.5 Å². The zero-order valence-electron chi connectivity index (χ0n) is 16.9. The zero-order chi connectivity index (χ0) is 21.6. The first-order valence-corrected chi connectivity index (χ1v) is 9.73. The predicted molar refractivity (Wildman–Crippen MR) is 118 cm³/mol. The van der Waals surface area contributed by atoms with E-state index in [0.29, 0.717) is 29.3 Å². The number of hydrogen-bond acceptors (Lipinski definition) is 5. The Bertz CT molecular complexity index is 1200. The van der Waals surface area contributed by atoms with Gasteiger partial charge in [-0.2, -0.15) is 0 Å². The Morgan fingerprint density at radius 2 is 1.68 bits per heavy atom. The van der Waals surface area contributed by atoms with Crippen LogP contribution in [0.25, 0.3) is 17.0 Å². The fourth-order valence-corrected chi connectivity index (χ4v) is 3.05. The lowest BCUT2D eigenvalue weighted by Gasteiger charge is -2.07. The van der Waals surface area contributed by atoms with Gasteiger partial charge in [0, 0.05) is 5.39 Å². The molecule has 1 aromatic heterocycles. The molecular formula is C26H20O5. The second-order valence-electron chi connectivity index (χ2n) is 6.89. The summed E-state index contributed by atoms with van der Waals surface area (Å²) in [6, 6.07) is 23.8. The molecule has 0 atom stereocenters. The van der Waals surface area contributed by atoms with Gasteiger partial charge in [-0.3, -0.25) is 4.79 Å². The number of para-hydroxylation sites is 1. The molecule has 0 fully saturated rings. The molecule has 0 amide bonds. The van der Waals surface area contributed by atoms with Crippen molar-refractivity contribution >= 4 is 28.8 Å². The number of methoxy groups -OCH3 is 1. The maximum atomic E-state index is 12.4. The topological polar surface area (TPSA) is 65.7 Å². The first kappa shape index (κ1) is 20.2. The number of benzene rings is 3. The quantitative estimate of drug-likeness (QED) is 0.221. The Morgan fingerprint density at radius 1 is 0.935 bits per heavy atom. The third-order valence-electron chi connectivity index (χ3n) is 4.76. The van der Waals surface area contributed by atoms with E-state index < -0.39 is 0 Å². The fourth-order valence-electron chi connectivity index (χ4n) is 3.05. The summed E-state index contributed by atoms with van der Waals surface area (Å²) in [6.45, 7) is 0.376. The van der Waals surface area contributed by atoms with Crippen LogP contribution < -0.4 is 4.74 Å². The smallest absolute Gasteiger partial charge is 0.337 e. The molecule has 0 aliphatic heterocycles. The van der Waals surface area contributed by atoms with Gasteiger partial charge >= 0.3 is 5.97 Å². The van der Waals surface area contributed by atoms with Gasteiger partial charge in [-0.15, -0.1) is 0 Å². The van der Waals surface area contributed by atoms with Crippen molar-refractivity contribution in [1.29, 1.82) is 0 Å². The highest BCUT2D eigenvalue weighted by molar-refractivity contribution is 6.06. The standard InChI is InChI=1S/C26H20O5/c1-29-26(28)20-11-6-19(7-12-20)17-30-22-13-8-18(9-14-22)10-15-23(27)25-16-21-4-2-3-5-24(21)31-25/h2-16H,17H2,1H3/b15-10+. The van der Waals surface area contributed by atoms with E-state index in [1.807, 2.05) is 60.7 Å². The van der Waals surface area contributed by atoms with E-state index in [9.17, 15) is 9.59 Å². The number of ketones is 1. The number of fused-ring (bicyclic) bond motifs is 1. The summed E-state index contributed by atoms with van der Waals surface area (Å²) in [5.74, 6) is 0.468. The summed E-state index contributed by atoms with van der Waals surface area (Å²) >= 11 is 0. The predicted octanol–water partition coefficient (Wildman–Crippen LogP) is 5.69. The second-order valence-corrected chi connectivity index (χ2v) is 6.89. The van der Waals surface area contributed by atoms with Crippen molar-refractivity contribution in [1.82, 2.24) is 0 Å². The van der Waals surface area contributed by atoms with Crippen molar-refractivity contribution in [2.24, 2.45) is 0 Å². The van der Waals surface area contributed by atoms with Gasteiger partial charge < -0.3 is 13.9 Å². The summed E-state index contributed by atoms with van der Waals surface area (Å²) in [5.41, 5.74) is 3.01. The highest BCUT2D eigenvalue weighted by Gasteiger charge is 2.09. The Kier molecular flexibility index (Phi) is 5.94. The van der Waals surface area contributed by atoms with Gasteiger partial charge in [-0.25, -0.2) is 4.79 Å². The van der Waals surface area contributed by atoms with Crippen LogP contribution in [0, 0.1) is 0 Å². The number of hydrogen-bond donors (Lipinski definition) is 0. The van der Waals surface area contributed by atoms with Crippen LogP contribution in [-0.4, -0.2) is 18.9 Å². The van der Waals surface area contributed by atoms with E-state index in [2.05, 4.69) is 4.74 Å². The van der Waals surface area contributed by atoms with E-state index in [1.165, 1.54) is 13.2 Å². The summed E-state index contributed by atoms with van der Waals surface area (Å²) in [4.78, 5) is 23.8. The number of rotatable bonds is 7. The van der Waals surface area contributed by atoms with Gasteiger partial charge in [0.05, 0.1) is 12.7 Å². The summed E-state index contributed by atoms with van der Waals surface area (Å²) in [7, 11) is 1.35. The Balaban J connectivity index is 1.34. The molecule has 4 aromatic rings. The van der Waals surface area contributed by atoms with Crippen LogP contribution in [0.1, 0.15) is 32.0 Å². The number of furan rings is 1. The summed E-state index contributed by atoms with van der Waals surface area (Å²) < 4.78 is 16.1. The van der Waals surface area contributed by atoms with Gasteiger partial charge in [-0.1, -0.05) is 48.5 Å². The van der Waals surface area contributed by atoms with Crippen molar-refractivity contribution in [3.8, 4) is 5.75 Å². The number of ether oxygens (including phenoxy) is 2. The summed E-state index contributed by atoms with van der Waals surface area (Å²) in [5, 5.41) is 0.903. The van der Waals surface area contributed by atoms with Gasteiger partial charge in [0.2, 0.25) is 5.78 Å². The zero-order valence-corrected chi connectivity index (χ0v) is 16.9. The third kappa shape index (κ3) is 4.90. The number of esters is 1. The molecule has 0 aliphatic carbocycles. The third-order valence-corrected chi connectivity index (χ3v) is 4.76. The Hall–Kier alpha value is -4.12. The second kappa shape index (κ2) is 9.13. The molecule has 154 valence electrons. The minimum atomic E-state index is -0.366. The molecule has 5 heteroatoms. The molecule has 5 nitrogen and oxygen atoms in total. The normalized spacial score (nSPS) is 11.0. The van der Waals surface area contributed by atoms with Crippen LogP contribution in [0.15, 0.2) is 89.4 Å². The Labute approximate surface area is 179 Å². The molecule has 0 N–H and O–H groups in total. The van der Waals surface area contributed by atoms with Crippen LogP contribution in [-0.2, 0) is 11.3 Å². The molecule has 3 aromatic carbocycles. The molecule has 0 spiro atoms. The molecular weight excluding hydrogens is 392 g/mol. The number of allylic oxidation sites excluding steroid dienone is 1. The van der Waals surface area contributed by atoms with Crippen molar-refractivity contribution in [2.75, 3.05) is 7.11 Å². The molecule has 0 aliphatic rings. The van der Waals surface area contributed by atoms with Crippen molar-refractivity contribution in [2.45, 2.75) is 6.61 Å². The van der Waals surface area contributed by atoms with Gasteiger partial charge in [0.25, 0.3) is 0 Å². The highest BCUT2D eigenvalue weighted by atomic mass is 16.5. The van der Waals surface area contributed by atoms with Gasteiger partial charge in [0.15, 0.2) is 5.76 Å². The first-order valence-electron chi connectivity index (χ1n) is 9.73. The SMILES string of the molecule is COC(=O)c1ccc(COc2ccc(/C=C/C(=O)c3cc4ccccc4o3)cc2)cc1. The Morgan fingerprint density at radius 3 is 2.39 bits per heavy atom. The number of carbonyl (C=O) groups excluding carboxylic acids is 2. The van der Waals surface area contributed by atoms with Crippen LogP contribution in [0.2, 0.25) is 0 Å². The van der Waals surface area contributed by atoms with E-state index >= 15 is 0 Å². The highest BCUT2D eigenvalue weighted by Crippen LogP contribution is 2.20. The van der Waals surface area contributed by atoms with Gasteiger partial charge in [0.1, 0.15) is 17.9 Å². The molecule has 31 heavy (non-hydrogen) atoms. The molecule has 0 saturated heterocycles. The maximum Gasteiger partial charge on any atom is 0.337 e. The minimum Gasteiger partial charge on any atom is -0.489 e. The maximum absolute atomic E-state index is 12.4. The van der Waals surface area contributed by atoms with E-state index in [4.69, 9.17) is 9.15 Å². The number of carbonyl (C=O) groups is 2.